The van der Waals surface area contributed by atoms with Crippen LogP contribution in [-0.4, -0.2) is 44.7 Å². The van der Waals surface area contributed by atoms with Crippen molar-refractivity contribution in [2.24, 2.45) is 0 Å². The number of carbonyl (C=O) groups is 1. The van der Waals surface area contributed by atoms with Crippen molar-refractivity contribution in [2.75, 3.05) is 39.6 Å². The van der Waals surface area contributed by atoms with Gasteiger partial charge in [-0.1, -0.05) is 6.08 Å². The van der Waals surface area contributed by atoms with Crippen LogP contribution in [0.2, 0.25) is 0 Å². The van der Waals surface area contributed by atoms with Gasteiger partial charge in [-0.2, -0.15) is 0 Å². The van der Waals surface area contributed by atoms with E-state index in [-0.39, 0.29) is 5.91 Å². The number of amides is 1. The zero-order valence-corrected chi connectivity index (χ0v) is 11.9. The van der Waals surface area contributed by atoms with Crippen LogP contribution in [0.4, 0.5) is 5.69 Å². The van der Waals surface area contributed by atoms with Gasteiger partial charge in [0, 0.05) is 37.5 Å². The summed E-state index contributed by atoms with van der Waals surface area (Å²) in [6.45, 7) is 1.94. The van der Waals surface area contributed by atoms with Gasteiger partial charge in [0.1, 0.15) is 5.75 Å². The number of hydrogen-bond donors (Lipinski definition) is 1. The van der Waals surface area contributed by atoms with Gasteiger partial charge in [0.2, 0.25) is 0 Å². The predicted molar refractivity (Wildman–Crippen MR) is 77.9 cm³/mol. The molecule has 0 fully saturated rings. The largest absolute Gasteiger partial charge is 0.497 e. The molecule has 0 spiro atoms. The summed E-state index contributed by atoms with van der Waals surface area (Å²) < 4.78 is 10.2. The summed E-state index contributed by atoms with van der Waals surface area (Å²) in [5.41, 5.74) is 8.11. The minimum absolute atomic E-state index is 0.0247. The number of hydrogen-bond acceptors (Lipinski definition) is 4. The molecular formula is C15H20N2O3. The molecule has 5 heteroatoms. The van der Waals surface area contributed by atoms with Gasteiger partial charge in [0.25, 0.3) is 5.91 Å². The zero-order valence-electron chi connectivity index (χ0n) is 11.9. The van der Waals surface area contributed by atoms with E-state index in [9.17, 15) is 4.79 Å². The highest BCUT2D eigenvalue weighted by Gasteiger charge is 2.19. The maximum absolute atomic E-state index is 12.4. The standard InChI is InChI=1S/C15H20N2O3/c1-19-10-11-3-5-17(6-4-11)15(18)12-7-13(16)9-14(8-12)20-2/h3,7-9H,4-6,10,16H2,1-2H3. The van der Waals surface area contributed by atoms with Crippen molar-refractivity contribution < 1.29 is 14.3 Å². The number of nitrogen functional groups attached to an aromatic ring is 1. The first-order valence-electron chi connectivity index (χ1n) is 6.54. The molecule has 0 radical (unpaired) electrons. The number of nitrogens with zero attached hydrogens (tertiary/aromatic N) is 1. The fraction of sp³-hybridized carbons (Fsp3) is 0.400. The summed E-state index contributed by atoms with van der Waals surface area (Å²) in [5.74, 6) is 0.573. The Balaban J connectivity index is 2.11. The summed E-state index contributed by atoms with van der Waals surface area (Å²) in [6.07, 6.45) is 2.90. The number of carbonyl (C=O) groups excluding carboxylic acids is 1. The molecule has 0 aliphatic carbocycles. The lowest BCUT2D eigenvalue weighted by Gasteiger charge is -2.26. The van der Waals surface area contributed by atoms with Crippen LogP contribution in [0, 0.1) is 0 Å². The van der Waals surface area contributed by atoms with Gasteiger partial charge in [0.15, 0.2) is 0 Å². The molecule has 5 nitrogen and oxygen atoms in total. The second-order valence-electron chi connectivity index (χ2n) is 4.79. The molecule has 0 bridgehead atoms. The maximum atomic E-state index is 12.4. The Morgan fingerprint density at radius 2 is 2.15 bits per heavy atom. The van der Waals surface area contributed by atoms with Crippen molar-refractivity contribution in [3.8, 4) is 5.75 Å². The monoisotopic (exact) mass is 276 g/mol. The lowest BCUT2D eigenvalue weighted by atomic mass is 10.1. The smallest absolute Gasteiger partial charge is 0.254 e. The van der Waals surface area contributed by atoms with Crippen LogP contribution in [0.25, 0.3) is 0 Å². The highest BCUT2D eigenvalue weighted by atomic mass is 16.5. The van der Waals surface area contributed by atoms with Crippen LogP contribution >= 0.6 is 0 Å². The van der Waals surface area contributed by atoms with Crippen molar-refractivity contribution in [3.05, 3.63) is 35.4 Å². The van der Waals surface area contributed by atoms with Gasteiger partial charge in [-0.05, 0) is 24.1 Å². The van der Waals surface area contributed by atoms with Crippen LogP contribution < -0.4 is 10.5 Å². The number of methoxy groups -OCH3 is 2. The van der Waals surface area contributed by atoms with Crippen LogP contribution in [0.15, 0.2) is 29.8 Å². The molecule has 0 aromatic heterocycles. The Kier molecular flexibility index (Phi) is 4.63. The van der Waals surface area contributed by atoms with Gasteiger partial charge in [-0.15, -0.1) is 0 Å². The third kappa shape index (κ3) is 3.30. The SMILES string of the molecule is COCC1=CCN(C(=O)c2cc(N)cc(OC)c2)CC1. The summed E-state index contributed by atoms with van der Waals surface area (Å²) in [6, 6.07) is 5.09. The third-order valence-electron chi connectivity index (χ3n) is 3.33. The molecule has 1 aromatic rings. The average Bonchev–Trinajstić information content (AvgIpc) is 2.47. The third-order valence-corrected chi connectivity index (χ3v) is 3.33. The van der Waals surface area contributed by atoms with E-state index >= 15 is 0 Å². The lowest BCUT2D eigenvalue weighted by Crippen LogP contribution is -2.35. The van der Waals surface area contributed by atoms with Crippen LogP contribution in [-0.2, 0) is 4.74 Å². The van der Waals surface area contributed by atoms with Gasteiger partial charge in [0.05, 0.1) is 13.7 Å². The summed E-state index contributed by atoms with van der Waals surface area (Å²) in [4.78, 5) is 14.2. The first-order chi connectivity index (χ1) is 9.63. The van der Waals surface area contributed by atoms with E-state index in [0.717, 1.165) is 6.42 Å². The van der Waals surface area contributed by atoms with Crippen molar-refractivity contribution >= 4 is 11.6 Å². The number of benzene rings is 1. The second-order valence-corrected chi connectivity index (χ2v) is 4.79. The number of anilines is 1. The van der Waals surface area contributed by atoms with E-state index in [1.807, 2.05) is 0 Å². The van der Waals surface area contributed by atoms with Crippen LogP contribution in [0.1, 0.15) is 16.8 Å². The highest BCUT2D eigenvalue weighted by Crippen LogP contribution is 2.21. The van der Waals surface area contributed by atoms with E-state index in [1.54, 1.807) is 37.3 Å². The first kappa shape index (κ1) is 14.4. The molecule has 2 rings (SSSR count). The normalized spacial score (nSPS) is 14.9. The second kappa shape index (κ2) is 6.43. The van der Waals surface area contributed by atoms with E-state index < -0.39 is 0 Å². The number of rotatable bonds is 4. The molecule has 0 atom stereocenters. The maximum Gasteiger partial charge on any atom is 0.254 e. The zero-order chi connectivity index (χ0) is 14.5. The molecule has 1 aliphatic heterocycles. The Morgan fingerprint density at radius 1 is 1.35 bits per heavy atom. The van der Waals surface area contributed by atoms with Gasteiger partial charge in [-0.3, -0.25) is 4.79 Å². The Hall–Kier alpha value is -2.01. The van der Waals surface area contributed by atoms with E-state index in [2.05, 4.69) is 6.08 Å². The molecule has 0 saturated carbocycles. The van der Waals surface area contributed by atoms with Crippen molar-refractivity contribution in [1.29, 1.82) is 0 Å². The van der Waals surface area contributed by atoms with Crippen LogP contribution in [0.5, 0.6) is 5.75 Å². The van der Waals surface area contributed by atoms with E-state index in [1.165, 1.54) is 5.57 Å². The molecule has 2 N–H and O–H groups in total. The molecular weight excluding hydrogens is 256 g/mol. The van der Waals surface area contributed by atoms with Crippen LogP contribution in [0.3, 0.4) is 0 Å². The Bertz CT molecular complexity index is 526. The highest BCUT2D eigenvalue weighted by molar-refractivity contribution is 5.95. The fourth-order valence-corrected chi connectivity index (χ4v) is 2.26. The number of nitrogens with two attached hydrogens (primary N) is 1. The average molecular weight is 276 g/mol. The summed E-state index contributed by atoms with van der Waals surface area (Å²) in [7, 11) is 3.24. The van der Waals surface area contributed by atoms with Gasteiger partial charge < -0.3 is 20.1 Å². The van der Waals surface area contributed by atoms with Crippen molar-refractivity contribution in [3.63, 3.8) is 0 Å². The van der Waals surface area contributed by atoms with Crippen molar-refractivity contribution in [2.45, 2.75) is 6.42 Å². The van der Waals surface area contributed by atoms with E-state index in [4.69, 9.17) is 15.2 Å². The fourth-order valence-electron chi connectivity index (χ4n) is 2.26. The Morgan fingerprint density at radius 3 is 2.75 bits per heavy atom. The lowest BCUT2D eigenvalue weighted by molar-refractivity contribution is 0.0764. The molecule has 0 saturated heterocycles. The molecule has 0 unspecified atom stereocenters. The minimum atomic E-state index is -0.0247. The molecule has 1 heterocycles. The van der Waals surface area contributed by atoms with Crippen molar-refractivity contribution in [1.82, 2.24) is 4.90 Å². The molecule has 1 aliphatic rings. The summed E-state index contributed by atoms with van der Waals surface area (Å²) >= 11 is 0. The molecule has 108 valence electrons. The molecule has 20 heavy (non-hydrogen) atoms. The predicted octanol–water partition coefficient (Wildman–Crippen LogP) is 1.70. The van der Waals surface area contributed by atoms with Gasteiger partial charge in [-0.25, -0.2) is 0 Å². The minimum Gasteiger partial charge on any atom is -0.497 e. The molecule has 1 aromatic carbocycles. The summed E-state index contributed by atoms with van der Waals surface area (Å²) in [5, 5.41) is 0. The quantitative estimate of drug-likeness (QED) is 0.671. The van der Waals surface area contributed by atoms with E-state index in [0.29, 0.717) is 36.7 Å². The molecule has 1 amide bonds. The Labute approximate surface area is 119 Å². The number of ether oxygens (including phenoxy) is 2. The first-order valence-corrected chi connectivity index (χ1v) is 6.54. The van der Waals surface area contributed by atoms with Gasteiger partial charge >= 0.3 is 0 Å². The topological polar surface area (TPSA) is 64.8 Å².